The van der Waals surface area contributed by atoms with Gasteiger partial charge in [0, 0.05) is 201 Å². The summed E-state index contributed by atoms with van der Waals surface area (Å²) in [6, 6.07) is 63.0. The minimum absolute atomic E-state index is 0.691. The van der Waals surface area contributed by atoms with Gasteiger partial charge in [-0.1, -0.05) is 177 Å². The zero-order valence-corrected chi connectivity index (χ0v) is 94.8. The molecule has 0 aliphatic rings. The molecule has 0 unspecified atom stereocenters. The van der Waals surface area contributed by atoms with Crippen molar-refractivity contribution in [1.82, 2.24) is 89.0 Å². The second-order valence-electron chi connectivity index (χ2n) is 39.4. The fourth-order valence-corrected chi connectivity index (χ4v) is 18.8. The number of hydrogen-bond donors (Lipinski definition) is 9. The van der Waals surface area contributed by atoms with Crippen molar-refractivity contribution < 1.29 is 0 Å². The van der Waals surface area contributed by atoms with E-state index in [1.165, 1.54) is 158 Å². The van der Waals surface area contributed by atoms with Gasteiger partial charge in [0.15, 0.2) is 11.4 Å². The second-order valence-corrected chi connectivity index (χ2v) is 40.4. The maximum atomic E-state index is 9.13. The van der Waals surface area contributed by atoms with Gasteiger partial charge in [0.05, 0.1) is 28.5 Å². The predicted octanol–water partition coefficient (Wildman–Crippen LogP) is 27.1. The normalized spacial score (nSPS) is 11.3. The lowest BCUT2D eigenvalue weighted by atomic mass is 10.1. The average molecular weight is 2090 g/mol. The molecule has 0 radical (unpaired) electrons. The molecule has 9 aromatic carbocycles. The first-order chi connectivity index (χ1) is 71.0. The van der Waals surface area contributed by atoms with Crippen molar-refractivity contribution in [2.75, 3.05) is 181 Å². The highest BCUT2D eigenvalue weighted by Gasteiger charge is 2.17. The Morgan fingerprint density at radius 2 is 0.605 bits per heavy atom. The molecule has 0 atom stereocenters. The highest BCUT2D eigenvalue weighted by molar-refractivity contribution is 14.1. The number of nitrogens with one attached hydrogen (secondary N) is 9. The van der Waals surface area contributed by atoms with Gasteiger partial charge < -0.3 is 89.0 Å². The summed E-state index contributed by atoms with van der Waals surface area (Å²) in [5.41, 5.74) is 32.1. The molecule has 9 aromatic heterocycles. The van der Waals surface area contributed by atoms with Crippen LogP contribution in [-0.2, 0) is 57.8 Å². The van der Waals surface area contributed by atoms with E-state index in [0.717, 1.165) is 203 Å². The average Bonchev–Trinajstić information content (AvgIpc) is 1.72. The van der Waals surface area contributed by atoms with Crippen LogP contribution >= 0.6 is 22.6 Å². The molecule has 9 N–H and O–H groups in total. The quantitative estimate of drug-likeness (QED) is 0.0134. The third-order valence-corrected chi connectivity index (χ3v) is 29.9. The monoisotopic (exact) mass is 2090 g/mol. The molecule has 0 aliphatic carbocycles. The van der Waals surface area contributed by atoms with Crippen molar-refractivity contribution >= 4 is 132 Å². The van der Waals surface area contributed by atoms with Crippen LogP contribution in [0.5, 0.6) is 0 Å². The first-order valence-electron chi connectivity index (χ1n) is 53.2. The molecule has 22 heteroatoms. The summed E-state index contributed by atoms with van der Waals surface area (Å²) in [6.45, 7) is 64.2. The van der Waals surface area contributed by atoms with Gasteiger partial charge in [-0.05, 0) is 376 Å². The molecular weight excluding hydrogens is 1920 g/mol. The van der Waals surface area contributed by atoms with Crippen molar-refractivity contribution in [3.8, 4) is 6.07 Å². The lowest BCUT2D eigenvalue weighted by molar-refractivity contribution is 0.358. The lowest BCUT2D eigenvalue weighted by Gasteiger charge is -2.13. The molecule has 0 fully saturated rings. The summed E-state index contributed by atoms with van der Waals surface area (Å²) in [5.74, 6) is 0. The number of para-hydroxylation sites is 3. The summed E-state index contributed by atoms with van der Waals surface area (Å²) in [4.78, 5) is 57.9. The van der Waals surface area contributed by atoms with Crippen molar-refractivity contribution in [3.05, 3.63) is 329 Å². The molecule has 147 heavy (non-hydrogen) atoms. The predicted molar refractivity (Wildman–Crippen MR) is 640 cm³/mol. The first kappa shape index (κ1) is 117. The molecule has 18 aromatic rings. The van der Waals surface area contributed by atoms with E-state index in [1.54, 1.807) is 0 Å². The summed E-state index contributed by atoms with van der Waals surface area (Å²) in [7, 11) is 19.4. The van der Waals surface area contributed by atoms with Crippen molar-refractivity contribution in [3.63, 3.8) is 0 Å². The highest BCUT2D eigenvalue weighted by Crippen LogP contribution is 2.32. The Hall–Kier alpha value is -12.3. The third kappa shape index (κ3) is 34.4. The van der Waals surface area contributed by atoms with Crippen LogP contribution in [0.2, 0.25) is 0 Å². The number of aryl methyl sites for hydroxylation is 5. The number of rotatable bonds is 36. The maximum Gasteiger partial charge on any atom is 0.189 e. The van der Waals surface area contributed by atoms with E-state index in [-0.39, 0.29) is 0 Å². The van der Waals surface area contributed by atoms with Crippen LogP contribution in [0, 0.1) is 62.8 Å². The zero-order valence-electron chi connectivity index (χ0n) is 92.6. The van der Waals surface area contributed by atoms with Gasteiger partial charge in [0.25, 0.3) is 0 Å². The standard InChI is InChI=1S/3C14H17N3.5C14H20N2.C13H17IN2/c1-4-17(3)8-7-11-10-16-14-6-5-12(15-2)9-13(11)14;1-4-17(3)8-7-11-10-16-14-9-12(15-2)5-6-13(11)14;1-3-17(2)8-7-12-10-16-13-6-4-5-11(9-15)14(12)13;1-4-16(3)8-7-12-10-15-14-6-5-11(2)9-13(12)14;1-4-16(3)8-7-12-10-15-14-9-11(2)5-6-13(12)14;1-4-16(3)9-8-12-10-15-13-7-5-6-11(2)14(12)13;1-4-16(3)9-8-12-10-15-14-11(2)6-5-7-13(12)14;1-4-16(3)10-9-12-11(2)15-14-8-6-5-7-13(12)14;1-3-16(2)9-8-11-10-6-4-5-7-12(10)15-13(11)14/h2*5-6,9-10,16H,4,7-8H2,1,3H3;4-6,10,16H,3,7-8H2,1-2H3;2*5-6,9-10,15H,4,7-8H2,1-3H3;2*5-7,10,15H,4,8-9H2,1-3H3;5-8,15H,4,9-10H2,1-3H3;4-7,15H,3,8-9H2,1-2H3. The SMILES string of the molecule is CCN(C)CCc1c(C)[nH]c2ccccc12.CCN(C)CCc1c(I)[nH]c2ccccc12.CCN(C)CCc1c[nH]c2c(C)cccc12.CCN(C)CCc1c[nH]c2cc(C)ccc12.CCN(C)CCc1c[nH]c2ccc(C)cc12.CCN(C)CCc1c[nH]c2cccc(C#N)c12.CCN(C)CCc1c[nH]c2cccc(C)c12.[C-]#[N+]c1ccc2[nH]cc(CCN(C)CC)c2c1.[C-]#[N+]c1ccc2c(CCN(C)CC)c[nH]c2c1. The summed E-state index contributed by atoms with van der Waals surface area (Å²) in [5, 5.41) is 20.9. The van der Waals surface area contributed by atoms with Crippen LogP contribution in [0.3, 0.4) is 0 Å². The smallest absolute Gasteiger partial charge is 0.189 e. The molecule has 9 heterocycles. The topological polar surface area (TPSA) is 204 Å². The fraction of sp³-hybridized carbons (Fsp3) is 0.400. The van der Waals surface area contributed by atoms with Crippen LogP contribution in [-0.4, -0.2) is 270 Å². The fourth-order valence-electron chi connectivity index (χ4n) is 17.9. The zero-order chi connectivity index (χ0) is 106. The Kier molecular flexibility index (Phi) is 47.8. The van der Waals surface area contributed by atoms with E-state index >= 15 is 0 Å². The van der Waals surface area contributed by atoms with Gasteiger partial charge in [-0.25, -0.2) is 9.69 Å². The van der Waals surface area contributed by atoms with Gasteiger partial charge in [0.2, 0.25) is 0 Å². The third-order valence-electron chi connectivity index (χ3n) is 29.0. The molecule has 21 nitrogen and oxygen atoms in total. The minimum atomic E-state index is 0.691. The van der Waals surface area contributed by atoms with Crippen molar-refractivity contribution in [2.45, 2.75) is 155 Å². The minimum Gasteiger partial charge on any atom is -0.362 e. The number of aromatic amines is 9. The number of nitriles is 1. The molecule has 0 spiro atoms. The van der Waals surface area contributed by atoms with Crippen molar-refractivity contribution in [2.24, 2.45) is 0 Å². The summed E-state index contributed by atoms with van der Waals surface area (Å²) in [6.07, 6.45) is 24.5. The molecule has 0 saturated heterocycles. The van der Waals surface area contributed by atoms with Crippen LogP contribution in [0.1, 0.15) is 146 Å². The molecule has 18 rings (SSSR count). The van der Waals surface area contributed by atoms with Gasteiger partial charge in [-0.15, -0.1) is 0 Å². The number of halogens is 1. The van der Waals surface area contributed by atoms with Crippen LogP contribution in [0.25, 0.3) is 108 Å². The van der Waals surface area contributed by atoms with Gasteiger partial charge in [-0.3, -0.25) is 0 Å². The van der Waals surface area contributed by atoms with E-state index in [0.29, 0.717) is 11.4 Å². The molecule has 780 valence electrons. The van der Waals surface area contributed by atoms with Gasteiger partial charge in [-0.2, -0.15) is 5.26 Å². The summed E-state index contributed by atoms with van der Waals surface area (Å²) >= 11 is 2.40. The Bertz CT molecular complexity index is 7050. The lowest BCUT2D eigenvalue weighted by Crippen LogP contribution is -2.20. The van der Waals surface area contributed by atoms with E-state index in [1.807, 2.05) is 60.8 Å². The molecule has 0 amide bonds. The molecule has 0 saturated carbocycles. The number of aromatic nitrogens is 9. The Labute approximate surface area is 891 Å². The Morgan fingerprint density at radius 3 is 1.10 bits per heavy atom. The number of H-pyrrole nitrogens is 9. The van der Waals surface area contributed by atoms with E-state index in [4.69, 9.17) is 18.4 Å². The Morgan fingerprint density at radius 1 is 0.279 bits per heavy atom. The molecular formula is C125H168IN21. The van der Waals surface area contributed by atoms with Crippen molar-refractivity contribution in [1.29, 1.82) is 5.26 Å². The second kappa shape index (κ2) is 60.2. The maximum absolute atomic E-state index is 9.13. The van der Waals surface area contributed by atoms with E-state index in [2.05, 4.69) is 446 Å². The number of hydrogen-bond acceptors (Lipinski definition) is 10. The van der Waals surface area contributed by atoms with E-state index < -0.39 is 0 Å². The largest absolute Gasteiger partial charge is 0.362 e. The number of likely N-dealkylation sites (N-methyl/N-ethyl adjacent to an activating group) is 9. The highest BCUT2D eigenvalue weighted by atomic mass is 127. The van der Waals surface area contributed by atoms with Gasteiger partial charge in [0.1, 0.15) is 0 Å². The number of fused-ring (bicyclic) bond motifs is 9. The summed E-state index contributed by atoms with van der Waals surface area (Å²) < 4.78 is 1.28. The molecule has 0 bridgehead atoms. The van der Waals surface area contributed by atoms with E-state index in [9.17, 15) is 0 Å². The van der Waals surface area contributed by atoms with Crippen LogP contribution < -0.4 is 0 Å². The van der Waals surface area contributed by atoms with Crippen LogP contribution in [0.4, 0.5) is 11.4 Å². The number of nitrogens with zero attached hydrogens (tertiary/aromatic N) is 12. The van der Waals surface area contributed by atoms with Crippen LogP contribution in [0.15, 0.2) is 219 Å². The first-order valence-corrected chi connectivity index (χ1v) is 54.3. The Balaban J connectivity index is 0.000000169. The molecule has 0 aliphatic heterocycles. The number of benzene rings is 9. The van der Waals surface area contributed by atoms with Gasteiger partial charge >= 0.3 is 0 Å².